The van der Waals surface area contributed by atoms with E-state index in [0.717, 1.165) is 54.9 Å². The second kappa shape index (κ2) is 8.94. The van der Waals surface area contributed by atoms with Gasteiger partial charge in [-0.1, -0.05) is 12.8 Å². The van der Waals surface area contributed by atoms with E-state index in [-0.39, 0.29) is 5.75 Å². The van der Waals surface area contributed by atoms with Crippen LogP contribution in [0.1, 0.15) is 64.3 Å². The summed E-state index contributed by atoms with van der Waals surface area (Å²) in [7, 11) is 0. The molecule has 8 nitrogen and oxygen atoms in total. The van der Waals surface area contributed by atoms with Crippen molar-refractivity contribution in [2.45, 2.75) is 76.4 Å². The van der Waals surface area contributed by atoms with Gasteiger partial charge in [0, 0.05) is 30.4 Å². The van der Waals surface area contributed by atoms with Crippen molar-refractivity contribution in [1.29, 1.82) is 0 Å². The van der Waals surface area contributed by atoms with E-state index in [0.29, 0.717) is 24.1 Å². The van der Waals surface area contributed by atoms with Crippen LogP contribution in [0.5, 0.6) is 5.75 Å². The van der Waals surface area contributed by atoms with E-state index in [9.17, 15) is 5.11 Å². The van der Waals surface area contributed by atoms with Crippen LogP contribution in [0.3, 0.4) is 0 Å². The number of phenols is 1. The summed E-state index contributed by atoms with van der Waals surface area (Å²) >= 11 is 0. The van der Waals surface area contributed by atoms with Crippen LogP contribution in [0.2, 0.25) is 0 Å². The SMILES string of the molecule is CCN(c1ccc(O)cc1)c1nc(NC2CCC(N)CC2)nc2c1ncn2C1CCCC1. The van der Waals surface area contributed by atoms with Gasteiger partial charge >= 0.3 is 0 Å². The zero-order chi connectivity index (χ0) is 22.1. The number of nitrogens with one attached hydrogen (secondary N) is 1. The molecular formula is C24H33N7O. The summed E-state index contributed by atoms with van der Waals surface area (Å²) in [5.74, 6) is 1.71. The number of anilines is 3. The normalized spacial score (nSPS) is 21.8. The zero-order valence-electron chi connectivity index (χ0n) is 18.7. The largest absolute Gasteiger partial charge is 0.508 e. The highest BCUT2D eigenvalue weighted by molar-refractivity contribution is 5.87. The minimum Gasteiger partial charge on any atom is -0.508 e. The van der Waals surface area contributed by atoms with Crippen LogP contribution in [0.15, 0.2) is 30.6 Å². The lowest BCUT2D eigenvalue weighted by Gasteiger charge is -2.28. The molecule has 170 valence electrons. The van der Waals surface area contributed by atoms with Gasteiger partial charge in [0.15, 0.2) is 17.0 Å². The molecule has 8 heteroatoms. The van der Waals surface area contributed by atoms with Crippen LogP contribution in [0, 0.1) is 0 Å². The van der Waals surface area contributed by atoms with Crippen molar-refractivity contribution >= 4 is 28.6 Å². The minimum absolute atomic E-state index is 0.251. The van der Waals surface area contributed by atoms with E-state index in [1.54, 1.807) is 12.1 Å². The average molecular weight is 436 g/mol. The number of imidazole rings is 1. The van der Waals surface area contributed by atoms with Crippen molar-refractivity contribution in [2.75, 3.05) is 16.8 Å². The molecule has 5 rings (SSSR count). The molecule has 2 fully saturated rings. The molecule has 0 unspecified atom stereocenters. The number of hydrogen-bond donors (Lipinski definition) is 3. The molecule has 2 saturated carbocycles. The molecule has 0 saturated heterocycles. The highest BCUT2D eigenvalue weighted by Crippen LogP contribution is 2.36. The first-order chi connectivity index (χ1) is 15.6. The molecule has 1 aromatic carbocycles. The Balaban J connectivity index is 1.57. The number of nitrogens with two attached hydrogens (primary N) is 1. The average Bonchev–Trinajstić information content (AvgIpc) is 3.47. The lowest BCUT2D eigenvalue weighted by molar-refractivity contribution is 0.410. The molecule has 0 amide bonds. The Kier molecular flexibility index (Phi) is 5.87. The Morgan fingerprint density at radius 1 is 1.06 bits per heavy atom. The van der Waals surface area contributed by atoms with Crippen LogP contribution >= 0.6 is 0 Å². The second-order valence-corrected chi connectivity index (χ2v) is 9.15. The molecule has 0 radical (unpaired) electrons. The standard InChI is InChI=1S/C24H33N7O/c1-2-30(19-11-13-20(32)14-12-19)22-21-23(31(15-26-21)18-5-3-4-6-18)29-24(28-22)27-17-9-7-16(25)8-10-17/h11-18,32H,2-10,25H2,1H3,(H,27,28,29). The summed E-state index contributed by atoms with van der Waals surface area (Å²) in [6.07, 6.45) is 10.9. The van der Waals surface area contributed by atoms with E-state index in [1.165, 1.54) is 25.7 Å². The van der Waals surface area contributed by atoms with E-state index in [4.69, 9.17) is 20.7 Å². The van der Waals surface area contributed by atoms with Crippen LogP contribution in [-0.4, -0.2) is 43.3 Å². The molecule has 2 aliphatic rings. The van der Waals surface area contributed by atoms with Crippen molar-refractivity contribution in [3.63, 3.8) is 0 Å². The van der Waals surface area contributed by atoms with Gasteiger partial charge in [0.1, 0.15) is 5.75 Å². The number of aromatic hydroxyl groups is 1. The Labute approximate surface area is 188 Å². The van der Waals surface area contributed by atoms with Crippen molar-refractivity contribution in [3.05, 3.63) is 30.6 Å². The fraction of sp³-hybridized carbons (Fsp3) is 0.542. The highest BCUT2D eigenvalue weighted by Gasteiger charge is 2.25. The molecule has 2 aromatic heterocycles. The Hall–Kier alpha value is -2.87. The summed E-state index contributed by atoms with van der Waals surface area (Å²) in [5, 5.41) is 13.3. The number of aromatic nitrogens is 4. The van der Waals surface area contributed by atoms with Crippen molar-refractivity contribution in [3.8, 4) is 5.75 Å². The van der Waals surface area contributed by atoms with Crippen LogP contribution in [0.25, 0.3) is 11.2 Å². The molecular weight excluding hydrogens is 402 g/mol. The van der Waals surface area contributed by atoms with Crippen molar-refractivity contribution < 1.29 is 5.11 Å². The lowest BCUT2D eigenvalue weighted by Crippen LogP contribution is -2.33. The molecule has 32 heavy (non-hydrogen) atoms. The maximum atomic E-state index is 9.74. The molecule has 0 aliphatic heterocycles. The Morgan fingerprint density at radius 3 is 2.47 bits per heavy atom. The van der Waals surface area contributed by atoms with E-state index in [1.807, 2.05) is 18.5 Å². The Morgan fingerprint density at radius 2 is 1.78 bits per heavy atom. The maximum Gasteiger partial charge on any atom is 0.227 e. The molecule has 0 atom stereocenters. The summed E-state index contributed by atoms with van der Waals surface area (Å²) in [6, 6.07) is 8.34. The summed E-state index contributed by atoms with van der Waals surface area (Å²) < 4.78 is 2.25. The topological polar surface area (TPSA) is 105 Å². The number of rotatable bonds is 6. The lowest BCUT2D eigenvalue weighted by atomic mass is 9.92. The second-order valence-electron chi connectivity index (χ2n) is 9.15. The van der Waals surface area contributed by atoms with Gasteiger partial charge in [-0.25, -0.2) is 4.98 Å². The summed E-state index contributed by atoms with van der Waals surface area (Å²) in [5.41, 5.74) is 8.79. The monoisotopic (exact) mass is 435 g/mol. The predicted molar refractivity (Wildman–Crippen MR) is 127 cm³/mol. The van der Waals surface area contributed by atoms with Crippen LogP contribution in [0.4, 0.5) is 17.5 Å². The van der Waals surface area contributed by atoms with Gasteiger partial charge in [0.2, 0.25) is 5.95 Å². The van der Waals surface area contributed by atoms with E-state index >= 15 is 0 Å². The molecule has 0 spiro atoms. The number of nitrogens with zero attached hydrogens (tertiary/aromatic N) is 5. The minimum atomic E-state index is 0.251. The van der Waals surface area contributed by atoms with Crippen LogP contribution in [-0.2, 0) is 0 Å². The molecule has 4 N–H and O–H groups in total. The molecule has 3 aromatic rings. The van der Waals surface area contributed by atoms with Crippen molar-refractivity contribution in [1.82, 2.24) is 19.5 Å². The fourth-order valence-electron chi connectivity index (χ4n) is 5.14. The van der Waals surface area contributed by atoms with Crippen LogP contribution < -0.4 is 16.0 Å². The maximum absolute atomic E-state index is 9.74. The number of fused-ring (bicyclic) bond motifs is 1. The van der Waals surface area contributed by atoms with Crippen molar-refractivity contribution in [2.24, 2.45) is 5.73 Å². The third-order valence-corrected chi connectivity index (χ3v) is 6.96. The summed E-state index contributed by atoms with van der Waals surface area (Å²) in [6.45, 7) is 2.83. The molecule has 2 aliphatic carbocycles. The van der Waals surface area contributed by atoms with Gasteiger partial charge in [-0.3, -0.25) is 0 Å². The third kappa shape index (κ3) is 4.11. The third-order valence-electron chi connectivity index (χ3n) is 6.96. The first-order valence-corrected chi connectivity index (χ1v) is 12.0. The predicted octanol–water partition coefficient (Wildman–Crippen LogP) is 4.49. The molecule has 2 heterocycles. The fourth-order valence-corrected chi connectivity index (χ4v) is 5.14. The first kappa shape index (κ1) is 21.0. The van der Waals surface area contributed by atoms with Gasteiger partial charge in [0.05, 0.1) is 6.33 Å². The smallest absolute Gasteiger partial charge is 0.227 e. The van der Waals surface area contributed by atoms with Gasteiger partial charge in [-0.05, 0) is 69.7 Å². The highest BCUT2D eigenvalue weighted by atomic mass is 16.3. The van der Waals surface area contributed by atoms with Gasteiger partial charge < -0.3 is 25.6 Å². The Bertz CT molecular complexity index is 1050. The van der Waals surface area contributed by atoms with Gasteiger partial charge in [0.25, 0.3) is 0 Å². The quantitative estimate of drug-likeness (QED) is 0.524. The number of benzene rings is 1. The van der Waals surface area contributed by atoms with E-state index in [2.05, 4.69) is 21.7 Å². The van der Waals surface area contributed by atoms with E-state index < -0.39 is 0 Å². The molecule has 0 bridgehead atoms. The first-order valence-electron chi connectivity index (χ1n) is 12.0. The van der Waals surface area contributed by atoms with Gasteiger partial charge in [-0.2, -0.15) is 9.97 Å². The van der Waals surface area contributed by atoms with Gasteiger partial charge in [-0.15, -0.1) is 0 Å². The number of hydrogen-bond acceptors (Lipinski definition) is 7. The number of phenolic OH excluding ortho intramolecular Hbond substituents is 1. The zero-order valence-corrected chi connectivity index (χ0v) is 18.7. The summed E-state index contributed by atoms with van der Waals surface area (Å²) in [4.78, 5) is 16.8.